The lowest BCUT2D eigenvalue weighted by molar-refractivity contribution is -0.122. The maximum absolute atomic E-state index is 15.0. The van der Waals surface area contributed by atoms with E-state index in [0.29, 0.717) is 16.5 Å². The van der Waals surface area contributed by atoms with Crippen molar-refractivity contribution in [3.05, 3.63) is 81.1 Å². The molecule has 13 heteroatoms. The molecule has 0 unspecified atom stereocenters. The first kappa shape index (κ1) is 31.0. The molecule has 0 amide bonds. The van der Waals surface area contributed by atoms with Crippen LogP contribution in [-0.4, -0.2) is 61.1 Å². The van der Waals surface area contributed by atoms with E-state index in [1.807, 2.05) is 26.2 Å². The molecule has 1 fully saturated rings. The third kappa shape index (κ3) is 8.25. The van der Waals surface area contributed by atoms with Gasteiger partial charge in [0.15, 0.2) is 9.84 Å². The normalized spacial score (nSPS) is 19.2. The number of ether oxygens (including phenoxy) is 1. The predicted molar refractivity (Wildman–Crippen MR) is 148 cm³/mol. The molecule has 1 heterocycles. The Hall–Kier alpha value is -2.50. The van der Waals surface area contributed by atoms with Gasteiger partial charge < -0.3 is 14.7 Å². The Morgan fingerprint density at radius 3 is 2.38 bits per heavy atom. The molecular formula is C26H27Cl3FN3O5S. The van der Waals surface area contributed by atoms with Crippen molar-refractivity contribution < 1.29 is 27.4 Å². The largest absolute Gasteiger partial charge is 0.487 e. The van der Waals surface area contributed by atoms with Crippen molar-refractivity contribution in [2.75, 3.05) is 14.1 Å². The van der Waals surface area contributed by atoms with Gasteiger partial charge in [0.25, 0.3) is 6.47 Å². The monoisotopic (exact) mass is 617 g/mol. The maximum atomic E-state index is 15.0. The van der Waals surface area contributed by atoms with Crippen LogP contribution in [0.15, 0.2) is 53.8 Å². The van der Waals surface area contributed by atoms with E-state index in [1.54, 1.807) is 6.07 Å². The topological polar surface area (TPSA) is 110 Å². The van der Waals surface area contributed by atoms with Gasteiger partial charge in [-0.25, -0.2) is 22.8 Å². The molecule has 1 N–H and O–H groups in total. The van der Waals surface area contributed by atoms with E-state index in [0.717, 1.165) is 30.5 Å². The molecule has 1 saturated carbocycles. The number of aromatic nitrogens is 2. The fraction of sp³-hybridized carbons (Fsp3) is 0.346. The third-order valence-corrected chi connectivity index (χ3v) is 8.75. The van der Waals surface area contributed by atoms with Crippen LogP contribution in [0.1, 0.15) is 36.4 Å². The van der Waals surface area contributed by atoms with E-state index >= 15 is 4.39 Å². The summed E-state index contributed by atoms with van der Waals surface area (Å²) in [5.74, 6) is -1.05. The summed E-state index contributed by atoms with van der Waals surface area (Å²) in [5, 5.41) is 8.10. The first-order valence-electron chi connectivity index (χ1n) is 11.8. The second-order valence-electron chi connectivity index (χ2n) is 9.18. The van der Waals surface area contributed by atoms with Crippen LogP contribution in [0.25, 0.3) is 0 Å². The Morgan fingerprint density at radius 1 is 1.13 bits per heavy atom. The van der Waals surface area contributed by atoms with E-state index < -0.39 is 26.3 Å². The lowest BCUT2D eigenvalue weighted by Crippen LogP contribution is -2.46. The smallest absolute Gasteiger partial charge is 0.290 e. The maximum Gasteiger partial charge on any atom is 0.290 e. The number of sulfone groups is 1. The predicted octanol–water partition coefficient (Wildman–Crippen LogP) is 5.90. The number of nitrogens with zero attached hydrogens (tertiary/aromatic N) is 3. The number of hydrogen-bond acceptors (Lipinski definition) is 7. The number of halogens is 4. The Labute approximate surface area is 241 Å². The van der Waals surface area contributed by atoms with Crippen molar-refractivity contribution >= 4 is 51.1 Å². The number of benzene rings is 2. The summed E-state index contributed by atoms with van der Waals surface area (Å²) in [7, 11) is -0.105. The Bertz CT molecular complexity index is 1380. The fourth-order valence-corrected chi connectivity index (χ4v) is 6.78. The first-order chi connectivity index (χ1) is 18.4. The number of likely N-dealkylation sites (N-methyl/N-ethyl adjacent to an activating group) is 1. The zero-order valence-electron chi connectivity index (χ0n) is 21.1. The van der Waals surface area contributed by atoms with Crippen molar-refractivity contribution in [1.29, 1.82) is 0 Å². The van der Waals surface area contributed by atoms with E-state index in [9.17, 15) is 8.42 Å². The Balaban J connectivity index is 0.00000134. The van der Waals surface area contributed by atoms with Crippen molar-refractivity contribution in [1.82, 2.24) is 14.9 Å². The molecule has 0 radical (unpaired) electrons. The zero-order chi connectivity index (χ0) is 28.7. The van der Waals surface area contributed by atoms with Crippen molar-refractivity contribution in [2.24, 2.45) is 0 Å². The van der Waals surface area contributed by atoms with Gasteiger partial charge in [-0.05, 0) is 75.2 Å². The van der Waals surface area contributed by atoms with Gasteiger partial charge in [0.1, 0.15) is 28.9 Å². The standard InChI is InChI=1S/C25H25Cl3FN3O3S.CH2O2/c1-32(2)22-9-15(16-7-17(26)10-18(27)8-16)3-4-23(22)35-24-12-21(29)25(11-20(24)28)36(33,34)13-19-5-6-30-14-31-19;2-1-3/h5-8,10-12,14-15,22-23H,3-4,9,13H2,1-2H3;1H,(H,2,3)/t15-,22-,23-;/m0./s1. The van der Waals surface area contributed by atoms with Gasteiger partial charge in [0.05, 0.1) is 16.5 Å². The van der Waals surface area contributed by atoms with Crippen LogP contribution >= 0.6 is 34.8 Å². The van der Waals surface area contributed by atoms with Gasteiger partial charge in [-0.1, -0.05) is 34.8 Å². The Morgan fingerprint density at radius 2 is 1.79 bits per heavy atom. The minimum Gasteiger partial charge on any atom is -0.487 e. The molecule has 3 aromatic rings. The average Bonchev–Trinajstić information content (AvgIpc) is 2.86. The lowest BCUT2D eigenvalue weighted by Gasteiger charge is -2.40. The summed E-state index contributed by atoms with van der Waals surface area (Å²) in [6.07, 6.45) is 4.67. The van der Waals surface area contributed by atoms with Crippen LogP contribution in [0.5, 0.6) is 5.75 Å². The molecule has 8 nitrogen and oxygen atoms in total. The van der Waals surface area contributed by atoms with Gasteiger partial charge in [0, 0.05) is 28.4 Å². The molecule has 0 bridgehead atoms. The van der Waals surface area contributed by atoms with Crippen molar-refractivity contribution in [2.45, 2.75) is 48.0 Å². The minimum absolute atomic E-state index is 0.00167. The van der Waals surface area contributed by atoms with Crippen LogP contribution in [-0.2, 0) is 20.4 Å². The quantitative estimate of drug-likeness (QED) is 0.326. The average molecular weight is 619 g/mol. The SMILES string of the molecule is CN(C)[C@H]1C[C@@H](c2cc(Cl)cc(Cl)c2)CC[C@@H]1Oc1cc(F)c(S(=O)(=O)Cc2ccncn2)cc1Cl.O=CO. The van der Waals surface area contributed by atoms with Crippen molar-refractivity contribution in [3.63, 3.8) is 0 Å². The minimum atomic E-state index is -4.02. The second kappa shape index (κ2) is 13.7. The molecule has 1 aliphatic carbocycles. The summed E-state index contributed by atoms with van der Waals surface area (Å²) in [6.45, 7) is -0.250. The molecule has 0 spiro atoms. The molecule has 1 aliphatic rings. The van der Waals surface area contributed by atoms with Gasteiger partial charge in [0.2, 0.25) is 0 Å². The van der Waals surface area contributed by atoms with Crippen molar-refractivity contribution in [3.8, 4) is 5.75 Å². The van der Waals surface area contributed by atoms with Crippen LogP contribution < -0.4 is 4.74 Å². The molecule has 210 valence electrons. The highest BCUT2D eigenvalue weighted by Gasteiger charge is 2.35. The van der Waals surface area contributed by atoms with Crippen LogP contribution in [0, 0.1) is 5.82 Å². The van der Waals surface area contributed by atoms with E-state index in [2.05, 4.69) is 14.9 Å². The lowest BCUT2D eigenvalue weighted by atomic mass is 9.79. The third-order valence-electron chi connectivity index (χ3n) is 6.36. The Kier molecular flexibility index (Phi) is 10.9. The summed E-state index contributed by atoms with van der Waals surface area (Å²) >= 11 is 18.8. The molecule has 0 aliphatic heterocycles. The molecule has 2 aromatic carbocycles. The molecule has 1 aromatic heterocycles. The number of hydrogen-bond donors (Lipinski definition) is 1. The van der Waals surface area contributed by atoms with Gasteiger partial charge in [-0.15, -0.1) is 0 Å². The van der Waals surface area contributed by atoms with Gasteiger partial charge >= 0.3 is 0 Å². The van der Waals surface area contributed by atoms with Crippen LogP contribution in [0.2, 0.25) is 15.1 Å². The van der Waals surface area contributed by atoms with Crippen LogP contribution in [0.4, 0.5) is 4.39 Å². The molecule has 39 heavy (non-hydrogen) atoms. The summed E-state index contributed by atoms with van der Waals surface area (Å²) < 4.78 is 46.8. The second-order valence-corrected chi connectivity index (χ2v) is 12.4. The highest BCUT2D eigenvalue weighted by Crippen LogP contribution is 2.40. The number of carboxylic acid groups (broad SMARTS) is 1. The molecule has 4 rings (SSSR count). The molecule has 3 atom stereocenters. The summed E-state index contributed by atoms with van der Waals surface area (Å²) in [4.78, 5) is 17.6. The van der Waals surface area contributed by atoms with Gasteiger partial charge in [-0.3, -0.25) is 4.79 Å². The summed E-state index contributed by atoms with van der Waals surface area (Å²) in [5.41, 5.74) is 1.33. The van der Waals surface area contributed by atoms with E-state index in [1.165, 1.54) is 18.6 Å². The number of rotatable bonds is 7. The highest BCUT2D eigenvalue weighted by atomic mass is 35.5. The highest BCUT2D eigenvalue weighted by molar-refractivity contribution is 7.90. The van der Waals surface area contributed by atoms with E-state index in [4.69, 9.17) is 49.4 Å². The first-order valence-corrected chi connectivity index (χ1v) is 14.6. The van der Waals surface area contributed by atoms with E-state index in [-0.39, 0.29) is 41.0 Å². The zero-order valence-corrected chi connectivity index (χ0v) is 24.2. The van der Waals surface area contributed by atoms with Crippen LogP contribution in [0.3, 0.4) is 0 Å². The fourth-order valence-electron chi connectivity index (χ4n) is 4.59. The number of carbonyl (C=O) groups is 1. The summed E-state index contributed by atoms with van der Waals surface area (Å²) in [6, 6.07) is 9.18. The van der Waals surface area contributed by atoms with Gasteiger partial charge in [-0.2, -0.15) is 0 Å². The molecular weight excluding hydrogens is 592 g/mol. The molecule has 0 saturated heterocycles.